The lowest BCUT2D eigenvalue weighted by Gasteiger charge is -2.32. The minimum atomic E-state index is -0.875. The number of hydrogen-bond donors (Lipinski definition) is 2. The van der Waals surface area contributed by atoms with Gasteiger partial charge in [-0.3, -0.25) is 9.48 Å². The van der Waals surface area contributed by atoms with E-state index in [2.05, 4.69) is 10.4 Å². The Morgan fingerprint density at radius 2 is 2.04 bits per heavy atom. The van der Waals surface area contributed by atoms with Crippen molar-refractivity contribution in [3.05, 3.63) is 53.3 Å². The van der Waals surface area contributed by atoms with Crippen molar-refractivity contribution >= 4 is 5.91 Å². The molecule has 0 atom stereocenters. The van der Waals surface area contributed by atoms with Crippen molar-refractivity contribution in [1.29, 1.82) is 0 Å². The number of rotatable bonds is 6. The third-order valence-electron chi connectivity index (χ3n) is 4.70. The Kier molecular flexibility index (Phi) is 5.50. The predicted molar refractivity (Wildman–Crippen MR) is 94.5 cm³/mol. The molecule has 1 aromatic heterocycles. The highest BCUT2D eigenvalue weighted by atomic mass is 16.5. The van der Waals surface area contributed by atoms with Crippen LogP contribution in [0.4, 0.5) is 0 Å². The lowest BCUT2D eigenvalue weighted by atomic mass is 9.94. The van der Waals surface area contributed by atoms with E-state index in [0.29, 0.717) is 44.6 Å². The summed E-state index contributed by atoms with van der Waals surface area (Å²) in [6, 6.07) is 10.1. The molecule has 0 spiro atoms. The number of ether oxygens (including phenoxy) is 1. The van der Waals surface area contributed by atoms with Gasteiger partial charge in [-0.25, -0.2) is 0 Å². The van der Waals surface area contributed by atoms with E-state index in [-0.39, 0.29) is 12.5 Å². The predicted octanol–water partition coefficient (Wildman–Crippen LogP) is 1.77. The second kappa shape index (κ2) is 7.80. The van der Waals surface area contributed by atoms with Crippen LogP contribution in [0.5, 0.6) is 0 Å². The molecule has 1 aliphatic rings. The first kappa shape index (κ1) is 17.6. The number of amides is 1. The van der Waals surface area contributed by atoms with Gasteiger partial charge in [-0.1, -0.05) is 37.3 Å². The number of carbonyl (C=O) groups is 1. The first-order valence-corrected chi connectivity index (χ1v) is 8.78. The number of hydrogen-bond acceptors (Lipinski definition) is 4. The standard InChI is InChI=1S/C19H25N3O3/c1-2-17-16(12-21-22(17)13-15-6-4-3-5-7-15)18(23)20-14-19(24)8-10-25-11-9-19/h3-7,12,24H,2,8-11,13-14H2,1H3,(H,20,23). The summed E-state index contributed by atoms with van der Waals surface area (Å²) in [6.45, 7) is 3.95. The molecule has 134 valence electrons. The van der Waals surface area contributed by atoms with Crippen LogP contribution in [0.2, 0.25) is 0 Å². The van der Waals surface area contributed by atoms with Crippen molar-refractivity contribution < 1.29 is 14.6 Å². The molecule has 6 nitrogen and oxygen atoms in total. The van der Waals surface area contributed by atoms with Crippen LogP contribution in [-0.4, -0.2) is 46.2 Å². The maximum Gasteiger partial charge on any atom is 0.254 e. The Morgan fingerprint density at radius 3 is 2.72 bits per heavy atom. The zero-order valence-corrected chi connectivity index (χ0v) is 14.6. The molecule has 2 heterocycles. The summed E-state index contributed by atoms with van der Waals surface area (Å²) in [7, 11) is 0. The van der Waals surface area contributed by atoms with Gasteiger partial charge >= 0.3 is 0 Å². The molecule has 0 saturated carbocycles. The highest BCUT2D eigenvalue weighted by Gasteiger charge is 2.30. The van der Waals surface area contributed by atoms with Crippen LogP contribution in [0.15, 0.2) is 36.5 Å². The maximum atomic E-state index is 12.6. The largest absolute Gasteiger partial charge is 0.388 e. The number of aromatic nitrogens is 2. The van der Waals surface area contributed by atoms with Gasteiger partial charge in [0.25, 0.3) is 5.91 Å². The first-order valence-electron chi connectivity index (χ1n) is 8.78. The van der Waals surface area contributed by atoms with E-state index in [1.54, 1.807) is 6.20 Å². The summed E-state index contributed by atoms with van der Waals surface area (Å²) in [5, 5.41) is 17.7. The summed E-state index contributed by atoms with van der Waals surface area (Å²) in [6.07, 6.45) is 3.42. The molecular weight excluding hydrogens is 318 g/mol. The molecule has 2 aromatic rings. The molecule has 1 aromatic carbocycles. The highest BCUT2D eigenvalue weighted by molar-refractivity contribution is 5.95. The second-order valence-corrected chi connectivity index (χ2v) is 6.52. The van der Waals surface area contributed by atoms with Crippen LogP contribution in [0.3, 0.4) is 0 Å². The van der Waals surface area contributed by atoms with E-state index in [4.69, 9.17) is 4.74 Å². The molecule has 2 N–H and O–H groups in total. The molecule has 0 bridgehead atoms. The van der Waals surface area contributed by atoms with Gasteiger partial charge in [0, 0.05) is 32.6 Å². The van der Waals surface area contributed by atoms with Gasteiger partial charge < -0.3 is 15.2 Å². The van der Waals surface area contributed by atoms with E-state index in [1.807, 2.05) is 41.9 Å². The van der Waals surface area contributed by atoms with E-state index in [1.165, 1.54) is 0 Å². The Labute approximate surface area is 147 Å². The average molecular weight is 343 g/mol. The van der Waals surface area contributed by atoms with Crippen molar-refractivity contribution in [3.63, 3.8) is 0 Å². The van der Waals surface area contributed by atoms with Crippen LogP contribution in [0.1, 0.15) is 41.4 Å². The number of aliphatic hydroxyl groups is 1. The number of benzene rings is 1. The van der Waals surface area contributed by atoms with Gasteiger partial charge in [0.2, 0.25) is 0 Å². The molecule has 1 saturated heterocycles. The van der Waals surface area contributed by atoms with Crippen molar-refractivity contribution in [1.82, 2.24) is 15.1 Å². The normalized spacial score (nSPS) is 16.6. The SMILES string of the molecule is CCc1c(C(=O)NCC2(O)CCOCC2)cnn1Cc1ccccc1. The Bertz CT molecular complexity index is 706. The van der Waals surface area contributed by atoms with Crippen LogP contribution in [-0.2, 0) is 17.7 Å². The van der Waals surface area contributed by atoms with E-state index < -0.39 is 5.60 Å². The van der Waals surface area contributed by atoms with Crippen molar-refractivity contribution in [2.24, 2.45) is 0 Å². The first-order chi connectivity index (χ1) is 12.1. The smallest absolute Gasteiger partial charge is 0.254 e. The summed E-state index contributed by atoms with van der Waals surface area (Å²) in [5.74, 6) is -0.184. The lowest BCUT2D eigenvalue weighted by molar-refractivity contribution is -0.0605. The van der Waals surface area contributed by atoms with Crippen LogP contribution >= 0.6 is 0 Å². The molecule has 1 fully saturated rings. The summed E-state index contributed by atoms with van der Waals surface area (Å²) in [5.41, 5.74) is 1.75. The summed E-state index contributed by atoms with van der Waals surface area (Å²) < 4.78 is 7.14. The molecule has 0 radical (unpaired) electrons. The van der Waals surface area contributed by atoms with E-state index in [0.717, 1.165) is 11.3 Å². The van der Waals surface area contributed by atoms with Crippen molar-refractivity contribution in [3.8, 4) is 0 Å². The molecule has 6 heteroatoms. The minimum absolute atomic E-state index is 0.184. The topological polar surface area (TPSA) is 76.4 Å². The number of nitrogens with one attached hydrogen (secondary N) is 1. The second-order valence-electron chi connectivity index (χ2n) is 6.52. The van der Waals surface area contributed by atoms with Gasteiger partial charge in [0.15, 0.2) is 0 Å². The molecule has 3 rings (SSSR count). The summed E-state index contributed by atoms with van der Waals surface area (Å²) >= 11 is 0. The lowest BCUT2D eigenvalue weighted by Crippen LogP contribution is -2.46. The highest BCUT2D eigenvalue weighted by Crippen LogP contribution is 2.20. The zero-order valence-electron chi connectivity index (χ0n) is 14.6. The monoisotopic (exact) mass is 343 g/mol. The fourth-order valence-electron chi connectivity index (χ4n) is 3.13. The summed E-state index contributed by atoms with van der Waals surface area (Å²) in [4.78, 5) is 12.6. The van der Waals surface area contributed by atoms with Gasteiger partial charge in [0.1, 0.15) is 0 Å². The van der Waals surface area contributed by atoms with Crippen LogP contribution in [0, 0.1) is 0 Å². The molecule has 25 heavy (non-hydrogen) atoms. The van der Waals surface area contributed by atoms with Crippen LogP contribution < -0.4 is 5.32 Å². The third kappa shape index (κ3) is 4.27. The molecule has 0 aliphatic carbocycles. The van der Waals surface area contributed by atoms with E-state index >= 15 is 0 Å². The van der Waals surface area contributed by atoms with Gasteiger partial charge in [-0.15, -0.1) is 0 Å². The average Bonchev–Trinajstić information content (AvgIpc) is 3.04. The fourth-order valence-corrected chi connectivity index (χ4v) is 3.13. The minimum Gasteiger partial charge on any atom is -0.388 e. The molecule has 1 aliphatic heterocycles. The quantitative estimate of drug-likeness (QED) is 0.838. The Hall–Kier alpha value is -2.18. The molecule has 1 amide bonds. The van der Waals surface area contributed by atoms with Gasteiger partial charge in [0.05, 0.1) is 29.6 Å². The van der Waals surface area contributed by atoms with Crippen LogP contribution in [0.25, 0.3) is 0 Å². The Balaban J connectivity index is 1.68. The van der Waals surface area contributed by atoms with E-state index in [9.17, 15) is 9.90 Å². The van der Waals surface area contributed by atoms with Gasteiger partial charge in [-0.2, -0.15) is 5.10 Å². The Morgan fingerprint density at radius 1 is 1.32 bits per heavy atom. The van der Waals surface area contributed by atoms with Crippen molar-refractivity contribution in [2.75, 3.05) is 19.8 Å². The van der Waals surface area contributed by atoms with Crippen molar-refractivity contribution in [2.45, 2.75) is 38.3 Å². The molecular formula is C19H25N3O3. The van der Waals surface area contributed by atoms with Gasteiger partial charge in [-0.05, 0) is 12.0 Å². The maximum absolute atomic E-state index is 12.6. The number of nitrogens with zero attached hydrogens (tertiary/aromatic N) is 2. The molecule has 0 unspecified atom stereocenters. The zero-order chi connectivity index (χ0) is 17.7. The number of carbonyl (C=O) groups excluding carboxylic acids is 1. The fraction of sp³-hybridized carbons (Fsp3) is 0.474. The third-order valence-corrected chi connectivity index (χ3v) is 4.70.